The van der Waals surface area contributed by atoms with Crippen LogP contribution in [0.5, 0.6) is 0 Å². The van der Waals surface area contributed by atoms with Gasteiger partial charge < -0.3 is 15.6 Å². The number of nitrogens with two attached hydrogens (primary N) is 1. The fourth-order valence-corrected chi connectivity index (χ4v) is 3.93. The van der Waals surface area contributed by atoms with Gasteiger partial charge in [0, 0.05) is 12.1 Å². The number of hydrogen-bond acceptors (Lipinski definition) is 4. The number of imidazole rings is 1. The number of H-pyrrole nitrogens is 1. The van der Waals surface area contributed by atoms with E-state index in [0.717, 1.165) is 41.8 Å². The van der Waals surface area contributed by atoms with Crippen molar-refractivity contribution in [3.8, 4) is 0 Å². The standard InChI is InChI=1S/C22H24N4O2/c1-14(15-6-3-2-4-7-15)22(28)26-11-5-8-19(26)21-24-17-10-9-16(20(27)13-23)12-18(17)25-21/h2-4,6-7,9-10,12,14,19H,5,8,11,13,23H2,1H3,(H,24,25)/t14-,19+/m1/s1. The number of aromatic amines is 1. The molecule has 144 valence electrons. The Morgan fingerprint density at radius 3 is 2.79 bits per heavy atom. The van der Waals surface area contributed by atoms with Crippen LogP contribution in [-0.2, 0) is 4.79 Å². The van der Waals surface area contributed by atoms with Gasteiger partial charge in [0.1, 0.15) is 5.82 Å². The van der Waals surface area contributed by atoms with Crippen molar-refractivity contribution in [3.05, 3.63) is 65.5 Å². The molecule has 0 aliphatic carbocycles. The molecule has 2 atom stereocenters. The fraction of sp³-hybridized carbons (Fsp3) is 0.318. The van der Waals surface area contributed by atoms with Crippen LogP contribution in [0.1, 0.15) is 53.5 Å². The average molecular weight is 376 g/mol. The molecule has 1 fully saturated rings. The number of nitrogens with one attached hydrogen (secondary N) is 1. The molecular weight excluding hydrogens is 352 g/mol. The summed E-state index contributed by atoms with van der Waals surface area (Å²) in [5.74, 6) is 0.596. The van der Waals surface area contributed by atoms with Gasteiger partial charge >= 0.3 is 0 Å². The van der Waals surface area contributed by atoms with E-state index in [9.17, 15) is 9.59 Å². The first-order valence-corrected chi connectivity index (χ1v) is 9.67. The van der Waals surface area contributed by atoms with Crippen LogP contribution in [0.3, 0.4) is 0 Å². The van der Waals surface area contributed by atoms with Gasteiger partial charge in [-0.15, -0.1) is 0 Å². The number of nitrogens with zero attached hydrogens (tertiary/aromatic N) is 2. The Balaban J connectivity index is 1.61. The van der Waals surface area contributed by atoms with Gasteiger partial charge in [-0.05, 0) is 43.5 Å². The molecule has 3 N–H and O–H groups in total. The molecule has 1 aliphatic heterocycles. The molecule has 0 saturated carbocycles. The zero-order valence-corrected chi connectivity index (χ0v) is 15.9. The van der Waals surface area contributed by atoms with Crippen molar-refractivity contribution in [3.63, 3.8) is 0 Å². The number of carbonyl (C=O) groups excluding carboxylic acids is 2. The van der Waals surface area contributed by atoms with E-state index in [0.29, 0.717) is 5.56 Å². The maximum absolute atomic E-state index is 13.2. The zero-order valence-electron chi connectivity index (χ0n) is 15.9. The highest BCUT2D eigenvalue weighted by Crippen LogP contribution is 2.34. The SMILES string of the molecule is C[C@@H](C(=O)N1CCC[C@H]1c1nc2ccc(C(=O)CN)cc2[nH]1)c1ccccc1. The highest BCUT2D eigenvalue weighted by molar-refractivity contribution is 6.00. The molecule has 0 bridgehead atoms. The van der Waals surface area contributed by atoms with E-state index in [2.05, 4.69) is 4.98 Å². The summed E-state index contributed by atoms with van der Waals surface area (Å²) in [6, 6.07) is 15.1. The minimum absolute atomic E-state index is 0.0191. The number of carbonyl (C=O) groups is 2. The summed E-state index contributed by atoms with van der Waals surface area (Å²) in [5, 5.41) is 0. The van der Waals surface area contributed by atoms with E-state index in [1.54, 1.807) is 12.1 Å². The summed E-state index contributed by atoms with van der Waals surface area (Å²) >= 11 is 0. The summed E-state index contributed by atoms with van der Waals surface area (Å²) in [6.45, 7) is 2.67. The summed E-state index contributed by atoms with van der Waals surface area (Å²) < 4.78 is 0. The number of hydrogen-bond donors (Lipinski definition) is 2. The van der Waals surface area contributed by atoms with Crippen LogP contribution in [0.15, 0.2) is 48.5 Å². The Morgan fingerprint density at radius 1 is 1.25 bits per heavy atom. The topological polar surface area (TPSA) is 92.1 Å². The Hall–Kier alpha value is -2.99. The van der Waals surface area contributed by atoms with Crippen molar-refractivity contribution in [1.82, 2.24) is 14.9 Å². The smallest absolute Gasteiger partial charge is 0.230 e. The molecule has 0 radical (unpaired) electrons. The first kappa shape index (κ1) is 18.4. The Bertz CT molecular complexity index is 1010. The van der Waals surface area contributed by atoms with Crippen LogP contribution in [0.25, 0.3) is 11.0 Å². The van der Waals surface area contributed by atoms with Crippen molar-refractivity contribution < 1.29 is 9.59 Å². The monoisotopic (exact) mass is 376 g/mol. The molecule has 6 heteroatoms. The maximum atomic E-state index is 13.2. The molecule has 0 unspecified atom stereocenters. The third-order valence-corrected chi connectivity index (χ3v) is 5.53. The predicted octanol–water partition coefficient (Wildman–Crippen LogP) is 3.17. The molecule has 1 aliphatic rings. The van der Waals surface area contributed by atoms with Gasteiger partial charge in [-0.3, -0.25) is 9.59 Å². The minimum atomic E-state index is -0.194. The number of aromatic nitrogens is 2. The Labute approximate surface area is 163 Å². The number of amides is 1. The van der Waals surface area contributed by atoms with Crippen LogP contribution < -0.4 is 5.73 Å². The number of fused-ring (bicyclic) bond motifs is 1. The number of rotatable bonds is 5. The van der Waals surface area contributed by atoms with Crippen LogP contribution in [0.2, 0.25) is 0 Å². The third kappa shape index (κ3) is 3.31. The van der Waals surface area contributed by atoms with Gasteiger partial charge in [0.2, 0.25) is 5.91 Å². The lowest BCUT2D eigenvalue weighted by molar-refractivity contribution is -0.133. The van der Waals surface area contributed by atoms with Crippen LogP contribution in [0.4, 0.5) is 0 Å². The molecule has 1 aromatic heterocycles. The molecule has 1 amide bonds. The lowest BCUT2D eigenvalue weighted by Crippen LogP contribution is -2.34. The van der Waals surface area contributed by atoms with Crippen molar-refractivity contribution in [1.29, 1.82) is 0 Å². The first-order chi connectivity index (χ1) is 13.6. The van der Waals surface area contributed by atoms with Gasteiger partial charge in [-0.2, -0.15) is 0 Å². The van der Waals surface area contributed by atoms with Crippen LogP contribution >= 0.6 is 0 Å². The summed E-state index contributed by atoms with van der Waals surface area (Å²) in [6.07, 6.45) is 1.83. The fourth-order valence-electron chi connectivity index (χ4n) is 3.93. The second-order valence-electron chi connectivity index (χ2n) is 7.30. The normalized spacial score (nSPS) is 17.8. The maximum Gasteiger partial charge on any atom is 0.230 e. The number of ketones is 1. The lowest BCUT2D eigenvalue weighted by atomic mass is 9.99. The van der Waals surface area contributed by atoms with Crippen LogP contribution in [-0.4, -0.2) is 39.6 Å². The van der Waals surface area contributed by atoms with Gasteiger partial charge in [-0.25, -0.2) is 4.98 Å². The Kier molecular flexibility index (Phi) is 4.96. The highest BCUT2D eigenvalue weighted by Gasteiger charge is 2.34. The molecule has 28 heavy (non-hydrogen) atoms. The molecular formula is C22H24N4O2. The molecule has 4 rings (SSSR count). The van der Waals surface area contributed by atoms with E-state index in [-0.39, 0.29) is 30.2 Å². The summed E-state index contributed by atoms with van der Waals surface area (Å²) in [7, 11) is 0. The summed E-state index contributed by atoms with van der Waals surface area (Å²) in [4.78, 5) is 35.0. The van der Waals surface area contributed by atoms with Gasteiger partial charge in [-0.1, -0.05) is 30.3 Å². The van der Waals surface area contributed by atoms with Crippen molar-refractivity contribution in [2.45, 2.75) is 31.7 Å². The second-order valence-corrected chi connectivity index (χ2v) is 7.30. The predicted molar refractivity (Wildman–Crippen MR) is 108 cm³/mol. The van der Waals surface area contributed by atoms with Gasteiger partial charge in [0.05, 0.1) is 29.5 Å². The molecule has 0 spiro atoms. The number of Topliss-reactive ketones (excluding diaryl/α,β-unsaturated/α-hetero) is 1. The highest BCUT2D eigenvalue weighted by atomic mass is 16.2. The number of benzene rings is 2. The van der Waals surface area contributed by atoms with E-state index in [1.807, 2.05) is 48.2 Å². The van der Waals surface area contributed by atoms with E-state index in [1.165, 1.54) is 0 Å². The first-order valence-electron chi connectivity index (χ1n) is 9.67. The van der Waals surface area contributed by atoms with E-state index >= 15 is 0 Å². The minimum Gasteiger partial charge on any atom is -0.340 e. The largest absolute Gasteiger partial charge is 0.340 e. The molecule has 2 aromatic carbocycles. The lowest BCUT2D eigenvalue weighted by Gasteiger charge is -2.26. The van der Waals surface area contributed by atoms with E-state index < -0.39 is 0 Å². The number of likely N-dealkylation sites (tertiary alicyclic amines) is 1. The van der Waals surface area contributed by atoms with Crippen molar-refractivity contribution >= 4 is 22.7 Å². The van der Waals surface area contributed by atoms with Crippen molar-refractivity contribution in [2.24, 2.45) is 5.73 Å². The quantitative estimate of drug-likeness (QED) is 0.669. The molecule has 6 nitrogen and oxygen atoms in total. The van der Waals surface area contributed by atoms with Gasteiger partial charge in [0.15, 0.2) is 5.78 Å². The zero-order chi connectivity index (χ0) is 19.7. The summed E-state index contributed by atoms with van der Waals surface area (Å²) in [5.41, 5.74) is 8.64. The van der Waals surface area contributed by atoms with Crippen LogP contribution in [0, 0.1) is 0 Å². The average Bonchev–Trinajstić information content (AvgIpc) is 3.38. The molecule has 2 heterocycles. The van der Waals surface area contributed by atoms with Crippen molar-refractivity contribution in [2.75, 3.05) is 13.1 Å². The van der Waals surface area contributed by atoms with E-state index in [4.69, 9.17) is 10.7 Å². The molecule has 3 aromatic rings. The third-order valence-electron chi connectivity index (χ3n) is 5.53. The Morgan fingerprint density at radius 2 is 2.04 bits per heavy atom. The second kappa shape index (κ2) is 7.56. The van der Waals surface area contributed by atoms with Gasteiger partial charge in [0.25, 0.3) is 0 Å². The molecule has 1 saturated heterocycles.